The lowest BCUT2D eigenvalue weighted by atomic mass is 10.2. The number of aryl methyl sites for hydroxylation is 3. The first-order chi connectivity index (χ1) is 13.9. The van der Waals surface area contributed by atoms with Gasteiger partial charge in [0.25, 0.3) is 5.91 Å². The van der Waals surface area contributed by atoms with E-state index in [1.54, 1.807) is 31.7 Å². The molecule has 0 saturated carbocycles. The molecule has 0 unspecified atom stereocenters. The highest BCUT2D eigenvalue weighted by atomic mass is 16.5. The maximum atomic E-state index is 12.7. The number of carbonyl (C=O) groups is 2. The molecule has 1 aromatic carbocycles. The number of rotatable bonds is 6. The first kappa shape index (κ1) is 19.9. The smallest absolute Gasteiger partial charge is 0.357 e. The molecular formula is C19H21N7O3. The fourth-order valence-corrected chi connectivity index (χ4v) is 2.70. The van der Waals surface area contributed by atoms with E-state index < -0.39 is 18.5 Å². The highest BCUT2D eigenvalue weighted by Gasteiger charge is 2.20. The van der Waals surface area contributed by atoms with E-state index >= 15 is 0 Å². The number of esters is 1. The molecule has 3 aromatic rings. The van der Waals surface area contributed by atoms with Crippen LogP contribution in [0.2, 0.25) is 0 Å². The second kappa shape index (κ2) is 8.46. The summed E-state index contributed by atoms with van der Waals surface area (Å²) in [4.78, 5) is 25.0. The largest absolute Gasteiger partial charge is 0.451 e. The quantitative estimate of drug-likeness (QED) is 0.497. The molecule has 0 radical (unpaired) electrons. The maximum absolute atomic E-state index is 12.7. The molecule has 150 valence electrons. The lowest BCUT2D eigenvalue weighted by Crippen LogP contribution is -2.23. The van der Waals surface area contributed by atoms with Gasteiger partial charge in [-0.3, -0.25) is 9.48 Å². The highest BCUT2D eigenvalue weighted by Crippen LogP contribution is 2.18. The molecule has 0 fully saturated rings. The van der Waals surface area contributed by atoms with Gasteiger partial charge in [-0.2, -0.15) is 9.78 Å². The summed E-state index contributed by atoms with van der Waals surface area (Å²) in [6.45, 7) is 4.82. The van der Waals surface area contributed by atoms with Crippen LogP contribution in [-0.4, -0.2) is 48.5 Å². The Balaban J connectivity index is 1.74. The fourth-order valence-electron chi connectivity index (χ4n) is 2.70. The zero-order valence-corrected chi connectivity index (χ0v) is 16.6. The first-order valence-electron chi connectivity index (χ1n) is 8.86. The van der Waals surface area contributed by atoms with E-state index in [-0.39, 0.29) is 5.70 Å². The molecular weight excluding hydrogens is 374 g/mol. The number of ether oxygens (including phenoxy) is 1. The van der Waals surface area contributed by atoms with E-state index in [0.29, 0.717) is 17.2 Å². The molecule has 0 spiro atoms. The summed E-state index contributed by atoms with van der Waals surface area (Å²) in [5.74, 6) is -0.778. The van der Waals surface area contributed by atoms with Crippen molar-refractivity contribution in [2.24, 2.45) is 7.05 Å². The summed E-state index contributed by atoms with van der Waals surface area (Å²) in [7, 11) is 1.78. The van der Waals surface area contributed by atoms with Crippen molar-refractivity contribution in [3.8, 4) is 0 Å². The zero-order valence-electron chi connectivity index (χ0n) is 16.6. The SMILES string of the molecule is Cc1nn(C)c(C)c1NC(=O)COC(=O)/C(=C/c1ccccc1)n1nnnc1C. The van der Waals surface area contributed by atoms with E-state index in [4.69, 9.17) is 4.74 Å². The number of aromatic nitrogens is 6. The molecule has 0 aliphatic rings. The molecule has 2 heterocycles. The predicted octanol–water partition coefficient (Wildman–Crippen LogP) is 1.51. The molecule has 29 heavy (non-hydrogen) atoms. The third kappa shape index (κ3) is 4.54. The molecule has 0 saturated heterocycles. The van der Waals surface area contributed by atoms with Crippen LogP contribution in [0.1, 0.15) is 22.8 Å². The van der Waals surface area contributed by atoms with Crippen molar-refractivity contribution in [2.75, 3.05) is 11.9 Å². The maximum Gasteiger partial charge on any atom is 0.357 e. The van der Waals surface area contributed by atoms with Crippen molar-refractivity contribution in [3.63, 3.8) is 0 Å². The average Bonchev–Trinajstić information content (AvgIpc) is 3.23. The Morgan fingerprint density at radius 2 is 1.90 bits per heavy atom. The molecule has 3 rings (SSSR count). The van der Waals surface area contributed by atoms with Gasteiger partial charge in [0.05, 0.1) is 17.1 Å². The van der Waals surface area contributed by atoms with Crippen LogP contribution in [0.15, 0.2) is 30.3 Å². The van der Waals surface area contributed by atoms with Crippen LogP contribution in [0.3, 0.4) is 0 Å². The van der Waals surface area contributed by atoms with Gasteiger partial charge in [0, 0.05) is 7.05 Å². The van der Waals surface area contributed by atoms with E-state index in [1.807, 2.05) is 37.3 Å². The monoisotopic (exact) mass is 395 g/mol. The predicted molar refractivity (Wildman–Crippen MR) is 105 cm³/mol. The van der Waals surface area contributed by atoms with Crippen molar-refractivity contribution in [2.45, 2.75) is 20.8 Å². The van der Waals surface area contributed by atoms with Gasteiger partial charge in [-0.05, 0) is 42.8 Å². The Morgan fingerprint density at radius 3 is 2.48 bits per heavy atom. The van der Waals surface area contributed by atoms with E-state index in [9.17, 15) is 9.59 Å². The first-order valence-corrected chi connectivity index (χ1v) is 8.86. The third-order valence-corrected chi connectivity index (χ3v) is 4.27. The summed E-state index contributed by atoms with van der Waals surface area (Å²) in [5.41, 5.74) is 2.94. The van der Waals surface area contributed by atoms with E-state index in [1.165, 1.54) is 4.68 Å². The van der Waals surface area contributed by atoms with Crippen molar-refractivity contribution in [1.29, 1.82) is 0 Å². The van der Waals surface area contributed by atoms with Gasteiger partial charge >= 0.3 is 5.97 Å². The number of tetrazole rings is 1. The molecule has 0 aliphatic carbocycles. The van der Waals surface area contributed by atoms with Gasteiger partial charge in [0.1, 0.15) is 0 Å². The summed E-state index contributed by atoms with van der Waals surface area (Å²) < 4.78 is 8.14. The van der Waals surface area contributed by atoms with Crippen molar-refractivity contribution < 1.29 is 14.3 Å². The second-order valence-electron chi connectivity index (χ2n) is 6.37. The van der Waals surface area contributed by atoms with Crippen LogP contribution < -0.4 is 5.32 Å². The summed E-state index contributed by atoms with van der Waals surface area (Å²) in [6.07, 6.45) is 1.60. The zero-order chi connectivity index (χ0) is 21.0. The van der Waals surface area contributed by atoms with E-state index in [0.717, 1.165) is 11.3 Å². The van der Waals surface area contributed by atoms with Crippen molar-refractivity contribution in [1.82, 2.24) is 30.0 Å². The second-order valence-corrected chi connectivity index (χ2v) is 6.37. The standard InChI is InChI=1S/C19H21N7O3/c1-12-18(13(2)25(4)22-12)20-17(27)11-29-19(28)16(26-14(3)21-23-24-26)10-15-8-6-5-7-9-15/h5-10H,11H2,1-4H3,(H,20,27)/b16-10-. The Kier molecular flexibility index (Phi) is 5.82. The molecule has 1 N–H and O–H groups in total. The third-order valence-electron chi connectivity index (χ3n) is 4.27. The van der Waals surface area contributed by atoms with Gasteiger partial charge in [0.2, 0.25) is 0 Å². The number of anilines is 1. The number of benzene rings is 1. The fraction of sp³-hybridized carbons (Fsp3) is 0.263. The topological polar surface area (TPSA) is 117 Å². The molecule has 0 atom stereocenters. The molecule has 2 aromatic heterocycles. The number of carbonyl (C=O) groups excluding carboxylic acids is 2. The summed E-state index contributed by atoms with van der Waals surface area (Å²) >= 11 is 0. The van der Waals surface area contributed by atoms with Crippen LogP contribution in [0.4, 0.5) is 5.69 Å². The number of hydrogen-bond acceptors (Lipinski definition) is 7. The van der Waals surface area contributed by atoms with Crippen LogP contribution in [0.25, 0.3) is 11.8 Å². The molecule has 10 heteroatoms. The number of nitrogens with one attached hydrogen (secondary N) is 1. The minimum atomic E-state index is -0.723. The minimum Gasteiger partial charge on any atom is -0.451 e. The number of nitrogens with zero attached hydrogens (tertiary/aromatic N) is 6. The van der Waals surface area contributed by atoms with Gasteiger partial charge < -0.3 is 10.1 Å². The number of hydrogen-bond donors (Lipinski definition) is 1. The molecule has 10 nitrogen and oxygen atoms in total. The minimum absolute atomic E-state index is 0.0974. The van der Waals surface area contributed by atoms with Gasteiger partial charge in [-0.1, -0.05) is 30.3 Å². The van der Waals surface area contributed by atoms with Gasteiger partial charge in [-0.25, -0.2) is 4.79 Å². The van der Waals surface area contributed by atoms with Crippen LogP contribution in [0.5, 0.6) is 0 Å². The Bertz CT molecular complexity index is 1070. The molecule has 0 bridgehead atoms. The molecule has 0 aliphatic heterocycles. The number of amides is 1. The lowest BCUT2D eigenvalue weighted by Gasteiger charge is -2.10. The normalized spacial score (nSPS) is 11.4. The molecule has 1 amide bonds. The summed E-state index contributed by atoms with van der Waals surface area (Å²) in [6, 6.07) is 9.20. The summed E-state index contributed by atoms with van der Waals surface area (Å²) in [5, 5.41) is 18.2. The average molecular weight is 395 g/mol. The van der Waals surface area contributed by atoms with Crippen molar-refractivity contribution in [3.05, 3.63) is 53.1 Å². The van der Waals surface area contributed by atoms with Crippen LogP contribution in [0, 0.1) is 20.8 Å². The van der Waals surface area contributed by atoms with E-state index in [2.05, 4.69) is 25.9 Å². The Hall–Kier alpha value is -3.82. The van der Waals surface area contributed by atoms with Gasteiger partial charge in [0.15, 0.2) is 18.1 Å². The van der Waals surface area contributed by atoms with Crippen LogP contribution in [-0.2, 0) is 21.4 Å². The van der Waals surface area contributed by atoms with Crippen LogP contribution >= 0.6 is 0 Å². The van der Waals surface area contributed by atoms with Crippen molar-refractivity contribution >= 4 is 29.3 Å². The lowest BCUT2D eigenvalue weighted by molar-refractivity contribution is -0.141. The Morgan fingerprint density at radius 1 is 1.17 bits per heavy atom. The van der Waals surface area contributed by atoms with Gasteiger partial charge in [-0.15, -0.1) is 5.10 Å². The Labute approximate surface area is 167 Å². The highest BCUT2D eigenvalue weighted by molar-refractivity contribution is 6.15.